The van der Waals surface area contributed by atoms with Gasteiger partial charge in [-0.15, -0.1) is 0 Å². The van der Waals surface area contributed by atoms with Crippen molar-refractivity contribution >= 4 is 0 Å². The highest BCUT2D eigenvalue weighted by Gasteiger charge is 2.72. The molecule has 16 atom stereocenters. The predicted molar refractivity (Wildman–Crippen MR) is 168 cm³/mol. The van der Waals surface area contributed by atoms with E-state index < -0.39 is 48.5 Å². The zero-order valence-electron chi connectivity index (χ0n) is 28.9. The highest BCUT2D eigenvalue weighted by Crippen LogP contribution is 2.76. The van der Waals surface area contributed by atoms with Gasteiger partial charge >= 0.3 is 0 Å². The Morgan fingerprint density at radius 2 is 1.44 bits per heavy atom. The van der Waals surface area contributed by atoms with Crippen molar-refractivity contribution in [2.24, 2.45) is 45.3 Å². The van der Waals surface area contributed by atoms with Crippen LogP contribution >= 0.6 is 0 Å². The second-order valence-corrected chi connectivity index (χ2v) is 18.3. The lowest BCUT2D eigenvalue weighted by Crippen LogP contribution is -2.67. The second-order valence-electron chi connectivity index (χ2n) is 18.3. The Balaban J connectivity index is 1.41. The van der Waals surface area contributed by atoms with E-state index in [2.05, 4.69) is 41.5 Å². The summed E-state index contributed by atoms with van der Waals surface area (Å²) in [4.78, 5) is 0. The third kappa shape index (κ3) is 4.95. The number of fused-ring (bicyclic) bond motifs is 5. The van der Waals surface area contributed by atoms with E-state index in [1.807, 2.05) is 13.8 Å². The Morgan fingerprint density at radius 1 is 0.778 bits per heavy atom. The third-order valence-corrected chi connectivity index (χ3v) is 15.4. The Morgan fingerprint density at radius 3 is 2.07 bits per heavy atom. The molecule has 6 rings (SSSR count). The van der Waals surface area contributed by atoms with Crippen LogP contribution in [-0.2, 0) is 14.2 Å². The van der Waals surface area contributed by atoms with E-state index in [1.54, 1.807) is 0 Å². The number of hydrogen-bond acceptors (Lipinski definition) is 9. The lowest BCUT2D eigenvalue weighted by Gasteiger charge is -2.71. The standard InChI is InChI=1S/C36H62O9/c1-31(2)22-10-15-34(6)23(33(22,5)13-11-24(31)38)17-20(43-30-29(41)28(40)27(39)21(18-37)44-30)26-19(9-14-35(26,34)7)36(8)16-12-25(45-36)32(3,4)42/h19-30,37-42H,9-18H2,1-8H3/t19-,20+,21+,22-,23+,24+,25+,26-,27+,28-,29+,30+,33-,34+,35+,36-/m0/s1. The Kier molecular flexibility index (Phi) is 8.49. The Labute approximate surface area is 270 Å². The molecule has 45 heavy (non-hydrogen) atoms. The SMILES string of the molecule is CC(C)(O)[C@H]1CC[C@@](C)([C@H]2CC[C@]3(C)[C@@H]2[C@H](O[C@@H]2O[C@H](CO)[C@@H](O)[C@H](O)[C@H]2O)C[C@@H]2[C@@]4(C)CC[C@@H](O)C(C)(C)[C@@H]4CC[C@]23C)O1. The topological polar surface area (TPSA) is 149 Å². The molecule has 6 aliphatic rings. The van der Waals surface area contributed by atoms with Gasteiger partial charge in [-0.05, 0) is 124 Å². The number of aliphatic hydroxyl groups is 6. The molecule has 0 amide bonds. The summed E-state index contributed by atoms with van der Waals surface area (Å²) in [7, 11) is 0. The average molecular weight is 639 g/mol. The highest BCUT2D eigenvalue weighted by atomic mass is 16.7. The molecule has 0 spiro atoms. The van der Waals surface area contributed by atoms with Crippen molar-refractivity contribution in [3.8, 4) is 0 Å². The lowest BCUT2D eigenvalue weighted by molar-refractivity contribution is -0.335. The molecule has 260 valence electrons. The van der Waals surface area contributed by atoms with Crippen LogP contribution in [0.25, 0.3) is 0 Å². The lowest BCUT2D eigenvalue weighted by atomic mass is 9.35. The van der Waals surface area contributed by atoms with Crippen LogP contribution in [0.1, 0.15) is 113 Å². The van der Waals surface area contributed by atoms with E-state index in [9.17, 15) is 30.6 Å². The number of aliphatic hydroxyl groups excluding tert-OH is 5. The molecule has 0 aromatic heterocycles. The first-order valence-corrected chi connectivity index (χ1v) is 17.8. The summed E-state index contributed by atoms with van der Waals surface area (Å²) in [5.41, 5.74) is -1.72. The fourth-order valence-corrected chi connectivity index (χ4v) is 12.5. The average Bonchev–Trinajstić information content (AvgIpc) is 3.55. The van der Waals surface area contributed by atoms with Crippen LogP contribution in [0.5, 0.6) is 0 Å². The van der Waals surface area contributed by atoms with Crippen LogP contribution in [0.15, 0.2) is 0 Å². The van der Waals surface area contributed by atoms with Gasteiger partial charge in [0, 0.05) is 0 Å². The van der Waals surface area contributed by atoms with Crippen molar-refractivity contribution in [3.63, 3.8) is 0 Å². The molecule has 0 bridgehead atoms. The van der Waals surface area contributed by atoms with E-state index in [0.29, 0.717) is 11.8 Å². The minimum Gasteiger partial charge on any atom is -0.394 e. The van der Waals surface area contributed by atoms with E-state index in [4.69, 9.17) is 14.2 Å². The highest BCUT2D eigenvalue weighted by molar-refractivity contribution is 5.21. The van der Waals surface area contributed by atoms with Crippen molar-refractivity contribution in [1.82, 2.24) is 0 Å². The van der Waals surface area contributed by atoms with Crippen LogP contribution in [0, 0.1) is 45.3 Å². The molecule has 2 aliphatic heterocycles. The van der Waals surface area contributed by atoms with Gasteiger partial charge in [0.25, 0.3) is 0 Å². The molecule has 0 unspecified atom stereocenters. The van der Waals surface area contributed by atoms with Crippen LogP contribution in [-0.4, -0.2) is 97.5 Å². The van der Waals surface area contributed by atoms with E-state index in [1.165, 1.54) is 0 Å². The molecule has 6 N–H and O–H groups in total. The van der Waals surface area contributed by atoms with Crippen molar-refractivity contribution in [3.05, 3.63) is 0 Å². The molecule has 0 aromatic carbocycles. The van der Waals surface area contributed by atoms with Crippen molar-refractivity contribution in [1.29, 1.82) is 0 Å². The van der Waals surface area contributed by atoms with Crippen LogP contribution in [0.4, 0.5) is 0 Å². The minimum absolute atomic E-state index is 0.00982. The first kappa shape index (κ1) is 34.5. The first-order valence-electron chi connectivity index (χ1n) is 17.8. The van der Waals surface area contributed by atoms with Gasteiger partial charge < -0.3 is 44.8 Å². The van der Waals surface area contributed by atoms with E-state index in [0.717, 1.165) is 57.8 Å². The molecule has 2 heterocycles. The van der Waals surface area contributed by atoms with Gasteiger partial charge in [-0.1, -0.05) is 34.6 Å². The van der Waals surface area contributed by atoms with Crippen LogP contribution in [0.3, 0.4) is 0 Å². The molecular weight excluding hydrogens is 576 g/mol. The molecule has 6 fully saturated rings. The van der Waals surface area contributed by atoms with Gasteiger partial charge in [-0.2, -0.15) is 0 Å². The third-order valence-electron chi connectivity index (χ3n) is 15.4. The van der Waals surface area contributed by atoms with Gasteiger partial charge in [0.05, 0.1) is 36.1 Å². The molecule has 0 aromatic rings. The minimum atomic E-state index is -1.50. The Hall–Kier alpha value is -0.360. The second kappa shape index (κ2) is 11.1. The summed E-state index contributed by atoms with van der Waals surface area (Å²) < 4.78 is 19.7. The largest absolute Gasteiger partial charge is 0.394 e. The van der Waals surface area contributed by atoms with Gasteiger partial charge in [0.1, 0.15) is 24.4 Å². The summed E-state index contributed by atoms with van der Waals surface area (Å²) in [6.45, 7) is 17.2. The van der Waals surface area contributed by atoms with Gasteiger partial charge in [-0.3, -0.25) is 0 Å². The molecule has 4 saturated carbocycles. The molecule has 2 saturated heterocycles. The van der Waals surface area contributed by atoms with Crippen LogP contribution in [0.2, 0.25) is 0 Å². The molecule has 0 radical (unpaired) electrons. The summed E-state index contributed by atoms with van der Waals surface area (Å²) >= 11 is 0. The first-order chi connectivity index (χ1) is 20.7. The molecule has 9 nitrogen and oxygen atoms in total. The quantitative estimate of drug-likeness (QED) is 0.249. The van der Waals surface area contributed by atoms with Crippen LogP contribution < -0.4 is 0 Å². The summed E-state index contributed by atoms with van der Waals surface area (Å²) in [5, 5.41) is 64.2. The van der Waals surface area contributed by atoms with Gasteiger partial charge in [0.2, 0.25) is 0 Å². The van der Waals surface area contributed by atoms with Crippen molar-refractivity contribution < 1.29 is 44.8 Å². The van der Waals surface area contributed by atoms with Crippen molar-refractivity contribution in [2.45, 2.75) is 173 Å². The molecular formula is C36H62O9. The molecule has 4 aliphatic carbocycles. The zero-order valence-corrected chi connectivity index (χ0v) is 28.9. The van der Waals surface area contributed by atoms with Crippen molar-refractivity contribution in [2.75, 3.05) is 6.61 Å². The maximum atomic E-state index is 11.1. The Bertz CT molecular complexity index is 1110. The maximum Gasteiger partial charge on any atom is 0.186 e. The summed E-state index contributed by atoms with van der Waals surface area (Å²) in [5.74, 6) is 0.879. The summed E-state index contributed by atoms with van der Waals surface area (Å²) in [6, 6.07) is 0. The van der Waals surface area contributed by atoms with Gasteiger partial charge in [0.15, 0.2) is 6.29 Å². The van der Waals surface area contributed by atoms with Gasteiger partial charge in [-0.25, -0.2) is 0 Å². The number of ether oxygens (including phenoxy) is 3. The summed E-state index contributed by atoms with van der Waals surface area (Å²) in [6.07, 6.45) is 0.717. The predicted octanol–water partition coefficient (Wildman–Crippen LogP) is 3.54. The normalized spacial score (nSPS) is 56.4. The number of hydrogen-bond donors (Lipinski definition) is 6. The maximum absolute atomic E-state index is 11.1. The number of rotatable bonds is 5. The van der Waals surface area contributed by atoms with E-state index >= 15 is 0 Å². The monoisotopic (exact) mass is 638 g/mol. The zero-order chi connectivity index (χ0) is 33.1. The fourth-order valence-electron chi connectivity index (χ4n) is 12.5. The fraction of sp³-hybridized carbons (Fsp3) is 1.00. The smallest absolute Gasteiger partial charge is 0.186 e. The molecule has 9 heteroatoms. The van der Waals surface area contributed by atoms with E-state index in [-0.39, 0.29) is 51.8 Å².